The Kier molecular flexibility index (Phi) is 2.48. The lowest BCUT2D eigenvalue weighted by Gasteiger charge is -2.11. The summed E-state index contributed by atoms with van der Waals surface area (Å²) in [4.78, 5) is 0. The van der Waals surface area contributed by atoms with Crippen LogP contribution >= 0.6 is 0 Å². The lowest BCUT2D eigenvalue weighted by atomic mass is 10.00. The van der Waals surface area contributed by atoms with E-state index in [2.05, 4.69) is 36.3 Å². The highest BCUT2D eigenvalue weighted by Crippen LogP contribution is 2.36. The van der Waals surface area contributed by atoms with Crippen LogP contribution in [-0.4, -0.2) is 9.78 Å². The van der Waals surface area contributed by atoms with Crippen LogP contribution in [0, 0.1) is 0 Å². The lowest BCUT2D eigenvalue weighted by Crippen LogP contribution is -2.05. The molecule has 2 aromatic rings. The third-order valence-corrected chi connectivity index (χ3v) is 3.61. The Balaban J connectivity index is 2.17. The molecule has 17 heavy (non-hydrogen) atoms. The molecule has 0 saturated carbocycles. The number of rotatable bonds is 2. The normalized spacial score (nSPS) is 18.4. The van der Waals surface area contributed by atoms with Gasteiger partial charge in [0, 0.05) is 24.3 Å². The number of hydrogen-bond acceptors (Lipinski definition) is 2. The summed E-state index contributed by atoms with van der Waals surface area (Å²) in [6, 6.07) is 8.74. The molecule has 3 nitrogen and oxygen atoms in total. The van der Waals surface area contributed by atoms with E-state index in [0.29, 0.717) is 0 Å². The van der Waals surface area contributed by atoms with Crippen molar-refractivity contribution in [3.8, 4) is 11.3 Å². The minimum atomic E-state index is 0.211. The van der Waals surface area contributed by atoms with E-state index < -0.39 is 0 Å². The van der Waals surface area contributed by atoms with Gasteiger partial charge in [-0.05, 0) is 37.0 Å². The van der Waals surface area contributed by atoms with Crippen LogP contribution in [0.3, 0.4) is 0 Å². The van der Waals surface area contributed by atoms with E-state index >= 15 is 0 Å². The zero-order valence-corrected chi connectivity index (χ0v) is 10.1. The van der Waals surface area contributed by atoms with Gasteiger partial charge in [0.05, 0.1) is 5.69 Å². The van der Waals surface area contributed by atoms with Gasteiger partial charge in [0.25, 0.3) is 0 Å². The van der Waals surface area contributed by atoms with Crippen LogP contribution in [0.2, 0.25) is 0 Å². The summed E-state index contributed by atoms with van der Waals surface area (Å²) in [7, 11) is 0. The number of fused-ring (bicyclic) bond motifs is 1. The Labute approximate surface area is 101 Å². The predicted molar refractivity (Wildman–Crippen MR) is 68.6 cm³/mol. The molecule has 1 aliphatic rings. The highest BCUT2D eigenvalue weighted by Gasteiger charge is 2.22. The van der Waals surface area contributed by atoms with Crippen LogP contribution in [0.1, 0.15) is 30.5 Å². The number of nitrogens with zero attached hydrogens (tertiary/aromatic N) is 2. The molecule has 0 radical (unpaired) electrons. The van der Waals surface area contributed by atoms with E-state index in [0.717, 1.165) is 19.4 Å². The molecule has 3 heteroatoms. The van der Waals surface area contributed by atoms with Gasteiger partial charge < -0.3 is 5.73 Å². The summed E-state index contributed by atoms with van der Waals surface area (Å²) in [5.74, 6) is 0. The summed E-state index contributed by atoms with van der Waals surface area (Å²) in [5.41, 5.74) is 11.3. The first-order valence-electron chi connectivity index (χ1n) is 6.20. The Morgan fingerprint density at radius 3 is 3.12 bits per heavy atom. The maximum Gasteiger partial charge on any atom is 0.0684 e. The fourth-order valence-corrected chi connectivity index (χ4v) is 2.74. The van der Waals surface area contributed by atoms with E-state index in [1.54, 1.807) is 0 Å². The smallest absolute Gasteiger partial charge is 0.0684 e. The minimum absolute atomic E-state index is 0.211. The SMILES string of the molecule is CCn1nccc1-c1cccc2c1CCC2N. The summed E-state index contributed by atoms with van der Waals surface area (Å²) in [6.07, 6.45) is 4.02. The van der Waals surface area contributed by atoms with Crippen molar-refractivity contribution in [2.75, 3.05) is 0 Å². The molecule has 0 spiro atoms. The molecular formula is C14H17N3. The molecule has 1 heterocycles. The molecule has 1 unspecified atom stereocenters. The van der Waals surface area contributed by atoms with E-state index in [-0.39, 0.29) is 6.04 Å². The van der Waals surface area contributed by atoms with Gasteiger partial charge in [-0.25, -0.2) is 0 Å². The summed E-state index contributed by atoms with van der Waals surface area (Å²) in [6.45, 7) is 3.02. The van der Waals surface area contributed by atoms with Crippen molar-refractivity contribution in [1.29, 1.82) is 0 Å². The number of hydrogen-bond donors (Lipinski definition) is 1. The molecule has 0 fully saturated rings. The monoisotopic (exact) mass is 227 g/mol. The van der Waals surface area contributed by atoms with Crippen LogP contribution in [-0.2, 0) is 13.0 Å². The maximum atomic E-state index is 6.12. The highest BCUT2D eigenvalue weighted by molar-refractivity contribution is 5.67. The molecule has 1 aliphatic carbocycles. The van der Waals surface area contributed by atoms with Gasteiger partial charge in [-0.1, -0.05) is 18.2 Å². The van der Waals surface area contributed by atoms with Crippen molar-refractivity contribution >= 4 is 0 Å². The van der Waals surface area contributed by atoms with Gasteiger partial charge in [-0.3, -0.25) is 4.68 Å². The molecule has 2 N–H and O–H groups in total. The van der Waals surface area contributed by atoms with Gasteiger partial charge in [0.15, 0.2) is 0 Å². The zero-order valence-electron chi connectivity index (χ0n) is 10.1. The topological polar surface area (TPSA) is 43.8 Å². The van der Waals surface area contributed by atoms with E-state index in [9.17, 15) is 0 Å². The molecule has 0 amide bonds. The van der Waals surface area contributed by atoms with E-state index in [1.165, 1.54) is 22.4 Å². The van der Waals surface area contributed by atoms with Crippen LogP contribution in [0.5, 0.6) is 0 Å². The Bertz CT molecular complexity index is 542. The number of nitrogens with two attached hydrogens (primary N) is 1. The van der Waals surface area contributed by atoms with Crippen LogP contribution in [0.25, 0.3) is 11.3 Å². The van der Waals surface area contributed by atoms with Crippen LogP contribution < -0.4 is 5.73 Å². The van der Waals surface area contributed by atoms with Crippen molar-refractivity contribution in [3.63, 3.8) is 0 Å². The van der Waals surface area contributed by atoms with Crippen LogP contribution in [0.4, 0.5) is 0 Å². The van der Waals surface area contributed by atoms with Crippen molar-refractivity contribution < 1.29 is 0 Å². The fourth-order valence-electron chi connectivity index (χ4n) is 2.74. The summed E-state index contributed by atoms with van der Waals surface area (Å²) < 4.78 is 2.04. The summed E-state index contributed by atoms with van der Waals surface area (Å²) >= 11 is 0. The van der Waals surface area contributed by atoms with Crippen molar-refractivity contribution in [1.82, 2.24) is 9.78 Å². The first-order valence-corrected chi connectivity index (χ1v) is 6.20. The molecule has 0 bridgehead atoms. The maximum absolute atomic E-state index is 6.12. The third-order valence-electron chi connectivity index (χ3n) is 3.61. The van der Waals surface area contributed by atoms with Crippen molar-refractivity contribution in [2.45, 2.75) is 32.4 Å². The quantitative estimate of drug-likeness (QED) is 0.856. The number of aryl methyl sites for hydroxylation is 1. The first kappa shape index (κ1) is 10.5. The molecule has 1 aromatic heterocycles. The van der Waals surface area contributed by atoms with Gasteiger partial charge in [-0.15, -0.1) is 0 Å². The Morgan fingerprint density at radius 2 is 2.29 bits per heavy atom. The predicted octanol–water partition coefficient (Wildman–Crippen LogP) is 2.52. The second-order valence-electron chi connectivity index (χ2n) is 4.55. The average Bonchev–Trinajstić information content (AvgIpc) is 2.96. The zero-order chi connectivity index (χ0) is 11.8. The number of benzene rings is 1. The molecule has 1 atom stereocenters. The molecular weight excluding hydrogens is 210 g/mol. The molecule has 1 aromatic carbocycles. The number of aromatic nitrogens is 2. The van der Waals surface area contributed by atoms with Crippen molar-refractivity contribution in [2.24, 2.45) is 5.73 Å². The van der Waals surface area contributed by atoms with Gasteiger partial charge in [-0.2, -0.15) is 5.10 Å². The molecule has 0 aliphatic heterocycles. The van der Waals surface area contributed by atoms with Gasteiger partial charge in [0.2, 0.25) is 0 Å². The van der Waals surface area contributed by atoms with Crippen molar-refractivity contribution in [3.05, 3.63) is 41.6 Å². The molecule has 88 valence electrons. The molecule has 3 rings (SSSR count). The summed E-state index contributed by atoms with van der Waals surface area (Å²) in [5, 5.41) is 4.34. The minimum Gasteiger partial charge on any atom is -0.324 e. The van der Waals surface area contributed by atoms with Crippen LogP contribution in [0.15, 0.2) is 30.5 Å². The standard InChI is InChI=1S/C14H17N3/c1-2-17-14(8-9-16-17)12-5-3-4-11-10(12)6-7-13(11)15/h3-5,8-9,13H,2,6-7,15H2,1H3. The van der Waals surface area contributed by atoms with E-state index in [4.69, 9.17) is 5.73 Å². The second-order valence-corrected chi connectivity index (χ2v) is 4.55. The van der Waals surface area contributed by atoms with Gasteiger partial charge in [0.1, 0.15) is 0 Å². The largest absolute Gasteiger partial charge is 0.324 e. The third kappa shape index (κ3) is 1.58. The molecule has 0 saturated heterocycles. The highest BCUT2D eigenvalue weighted by atomic mass is 15.3. The average molecular weight is 227 g/mol. The second kappa shape index (κ2) is 4.00. The first-order chi connectivity index (χ1) is 8.31. The van der Waals surface area contributed by atoms with E-state index in [1.807, 2.05) is 10.9 Å². The lowest BCUT2D eigenvalue weighted by molar-refractivity contribution is 0.666. The Morgan fingerprint density at radius 1 is 1.41 bits per heavy atom. The fraction of sp³-hybridized carbons (Fsp3) is 0.357. The van der Waals surface area contributed by atoms with Gasteiger partial charge >= 0.3 is 0 Å². The Hall–Kier alpha value is -1.61.